The fourth-order valence-electron chi connectivity index (χ4n) is 15.5. The monoisotopic (exact) mass is 1590 g/mol. The summed E-state index contributed by atoms with van der Waals surface area (Å²) in [7, 11) is 0. The van der Waals surface area contributed by atoms with E-state index in [-0.39, 0.29) is 0 Å². The highest BCUT2D eigenvalue weighted by molar-refractivity contribution is 5.89. The quantitative estimate of drug-likeness (QED) is 0.0713. The minimum atomic E-state index is 0.703. The van der Waals surface area contributed by atoms with Crippen molar-refractivity contribution >= 4 is 32.3 Å². The molecular formula is C120H150. The summed E-state index contributed by atoms with van der Waals surface area (Å²) < 4.78 is 0. The summed E-state index contributed by atoms with van der Waals surface area (Å²) >= 11 is 0. The Hall–Kier alpha value is -10.1. The van der Waals surface area contributed by atoms with Crippen LogP contribution in [0.25, 0.3) is 65.7 Å². The first-order valence-electron chi connectivity index (χ1n) is 45.3. The predicted molar refractivity (Wildman–Crippen MR) is 536 cm³/mol. The Morgan fingerprint density at radius 2 is 0.458 bits per heavy atom. The van der Waals surface area contributed by atoms with E-state index >= 15 is 0 Å². The average Bonchev–Trinajstić information content (AvgIpc) is 0.777. The van der Waals surface area contributed by atoms with Crippen molar-refractivity contribution < 1.29 is 0 Å². The molecule has 630 valence electrons. The van der Waals surface area contributed by atoms with Crippen LogP contribution in [0, 0.1) is 103 Å². The van der Waals surface area contributed by atoms with Gasteiger partial charge in [0.15, 0.2) is 0 Å². The number of fused-ring (bicyclic) bond motifs is 3. The van der Waals surface area contributed by atoms with Crippen molar-refractivity contribution in [1.82, 2.24) is 0 Å². The molecule has 0 unspecified atom stereocenters. The first-order chi connectivity index (χ1) is 57.2. The third kappa shape index (κ3) is 35.3. The topological polar surface area (TPSA) is 0 Å². The van der Waals surface area contributed by atoms with Crippen molar-refractivity contribution in [3.8, 4) is 33.4 Å². The Bertz CT molecular complexity index is 5240. The molecule has 0 amide bonds. The second kappa shape index (κ2) is 50.2. The Labute approximate surface area is 730 Å². The number of hydrogen-bond donors (Lipinski definition) is 0. The first kappa shape index (κ1) is 97.0. The molecule has 0 fully saturated rings. The molecule has 0 saturated carbocycles. The molecule has 14 rings (SSSR count). The summed E-state index contributed by atoms with van der Waals surface area (Å²) in [6, 6.07) is 109. The lowest BCUT2D eigenvalue weighted by Gasteiger charge is -2.11. The summed E-state index contributed by atoms with van der Waals surface area (Å²) in [5, 5.41) is 8.27. The number of hydrogen-bond acceptors (Lipinski definition) is 0. The molecular weight excluding hydrogens is 1440 g/mol. The molecule has 14 aromatic carbocycles. The van der Waals surface area contributed by atoms with Gasteiger partial charge in [-0.15, -0.1) is 0 Å². The van der Waals surface area contributed by atoms with Gasteiger partial charge in [-0.25, -0.2) is 0 Å². The van der Waals surface area contributed by atoms with Gasteiger partial charge in [0.05, 0.1) is 0 Å². The third-order valence-corrected chi connectivity index (χ3v) is 21.3. The van der Waals surface area contributed by atoms with Crippen LogP contribution in [0.5, 0.6) is 0 Å². The van der Waals surface area contributed by atoms with Gasteiger partial charge in [-0.05, 0) is 287 Å². The van der Waals surface area contributed by atoms with E-state index in [0.717, 1.165) is 60.7 Å². The molecule has 0 spiro atoms. The van der Waals surface area contributed by atoms with Crippen LogP contribution in [0.1, 0.15) is 212 Å². The van der Waals surface area contributed by atoms with Gasteiger partial charge in [-0.2, -0.15) is 0 Å². The second-order valence-corrected chi connectivity index (χ2v) is 37.5. The summed E-state index contributed by atoms with van der Waals surface area (Å²) in [5.74, 6) is 5.88. The van der Waals surface area contributed by atoms with Crippen LogP contribution in [0.2, 0.25) is 0 Å². The Kier molecular flexibility index (Phi) is 40.6. The van der Waals surface area contributed by atoms with Gasteiger partial charge in [0, 0.05) is 0 Å². The smallest absolute Gasteiger partial charge is 0.0123 e. The molecule has 0 heteroatoms. The maximum atomic E-state index is 2.34. The van der Waals surface area contributed by atoms with Gasteiger partial charge in [-0.3, -0.25) is 0 Å². The standard InChI is InChI=1S/C23H24.C17H20.C16H20.2C15H18.C12H18.2C11H16/c1-17(2)16-19-6-10-21(11-7-19)23-14-12-22(13-15-23)20-8-4-18(3)5-9-20;1-13(2)12-15-6-10-17(11-7-15)16-8-4-14(3)5-9-16;1-4-13-5-7-15-8-6-14(9-12(2)3)11-16(15)10-13;1-11(2)8-13-5-7-14-9-12(3)4-6-15(14)10-13;1-11(2)10-14-9-5-8-13-7-4-6-12(3)15(13)14;1-9(2)5-12-7-10(3)6-11(4)8-12;1-9(2)8-11-6-4-10(3)5-7-11;1-9(2)8-11-7-5-4-6-10(11)3/h4-15,17H,16H2,1-3H3;4-11,13H,12H2,1-3H3;5-8,10-12H,4,9H2,1-3H3;4-7,9-11H,8H2,1-3H3;4-9,11H,10H2,1-3H3;6-9H,5H2,1-4H3;2*4-7,9H,8H2,1-3H3. The van der Waals surface area contributed by atoms with E-state index in [1.807, 2.05) is 0 Å². The van der Waals surface area contributed by atoms with Crippen molar-refractivity contribution in [2.45, 2.75) is 231 Å². The highest BCUT2D eigenvalue weighted by Gasteiger charge is 2.10. The molecule has 0 saturated heterocycles. The minimum Gasteiger partial charge on any atom is -0.0625 e. The average molecular weight is 1590 g/mol. The van der Waals surface area contributed by atoms with Crippen LogP contribution in [0.4, 0.5) is 0 Å². The molecule has 0 heterocycles. The molecule has 0 N–H and O–H groups in total. The number of rotatable bonds is 20. The summed E-state index contributed by atoms with van der Waals surface area (Å²) in [4.78, 5) is 0. The van der Waals surface area contributed by atoms with E-state index < -0.39 is 0 Å². The summed E-state index contributed by atoms with van der Waals surface area (Å²) in [6.45, 7) is 55.6. The van der Waals surface area contributed by atoms with Crippen LogP contribution < -0.4 is 0 Å². The highest BCUT2D eigenvalue weighted by Crippen LogP contribution is 2.30. The van der Waals surface area contributed by atoms with E-state index in [9.17, 15) is 0 Å². The van der Waals surface area contributed by atoms with Crippen LogP contribution in [0.3, 0.4) is 0 Å². The Morgan fingerprint density at radius 1 is 0.175 bits per heavy atom. The normalized spacial score (nSPS) is 10.9. The van der Waals surface area contributed by atoms with E-state index in [1.165, 1.54) is 199 Å². The largest absolute Gasteiger partial charge is 0.0625 e. The fourth-order valence-corrected chi connectivity index (χ4v) is 15.5. The van der Waals surface area contributed by atoms with Gasteiger partial charge in [-0.1, -0.05) is 448 Å². The maximum absolute atomic E-state index is 2.34. The molecule has 120 heavy (non-hydrogen) atoms. The SMILES string of the molecule is CCc1ccc2ccc(CC(C)C)cc2c1.Cc1cc(C)cc(CC(C)C)c1.Cc1ccc(-c2ccc(-c3ccc(CC(C)C)cc3)cc2)cc1.Cc1ccc(-c2ccc(CC(C)C)cc2)cc1.Cc1ccc(CC(C)C)cc1.Cc1ccc2cc(CC(C)C)ccc2c1.Cc1cccc2cccc(CC(C)C)c12.Cc1ccccc1CC(C)C. The Morgan fingerprint density at radius 3 is 0.875 bits per heavy atom. The molecule has 0 aliphatic rings. The maximum Gasteiger partial charge on any atom is -0.0123 e. The van der Waals surface area contributed by atoms with Gasteiger partial charge < -0.3 is 0 Å². The van der Waals surface area contributed by atoms with Crippen molar-refractivity contribution in [2.24, 2.45) is 47.3 Å². The zero-order valence-electron chi connectivity index (χ0n) is 78.8. The first-order valence-corrected chi connectivity index (χ1v) is 45.3. The van der Waals surface area contributed by atoms with Gasteiger partial charge >= 0.3 is 0 Å². The zero-order chi connectivity index (χ0) is 87.4. The lowest BCUT2D eigenvalue weighted by Crippen LogP contribution is -1.96. The van der Waals surface area contributed by atoms with E-state index in [0.29, 0.717) is 5.92 Å². The highest BCUT2D eigenvalue weighted by atomic mass is 14.1. The van der Waals surface area contributed by atoms with Crippen molar-refractivity contribution in [3.05, 3.63) is 392 Å². The molecule has 0 nitrogen and oxygen atoms in total. The van der Waals surface area contributed by atoms with Crippen molar-refractivity contribution in [3.63, 3.8) is 0 Å². The molecule has 0 bridgehead atoms. The van der Waals surface area contributed by atoms with Crippen molar-refractivity contribution in [1.29, 1.82) is 0 Å². The molecule has 0 aliphatic heterocycles. The Balaban J connectivity index is 0.000000191. The van der Waals surface area contributed by atoms with E-state index in [2.05, 4.69) is 470 Å². The molecule has 0 radical (unpaired) electrons. The zero-order valence-corrected chi connectivity index (χ0v) is 78.8. The fraction of sp³-hybridized carbons (Fsp3) is 0.350. The second-order valence-electron chi connectivity index (χ2n) is 37.5. The predicted octanol–water partition coefficient (Wildman–Crippen LogP) is 34.6. The molecule has 0 atom stereocenters. The van der Waals surface area contributed by atoms with Crippen LogP contribution >= 0.6 is 0 Å². The van der Waals surface area contributed by atoms with Crippen LogP contribution in [-0.4, -0.2) is 0 Å². The summed E-state index contributed by atoms with van der Waals surface area (Å²) in [6.07, 6.45) is 10.5. The lowest BCUT2D eigenvalue weighted by molar-refractivity contribution is 0.645. The minimum absolute atomic E-state index is 0.703. The molecule has 14 aromatic rings. The van der Waals surface area contributed by atoms with Gasteiger partial charge in [0.1, 0.15) is 0 Å². The number of aryl methyl sites for hydroxylation is 9. The van der Waals surface area contributed by atoms with Gasteiger partial charge in [0.2, 0.25) is 0 Å². The van der Waals surface area contributed by atoms with Crippen molar-refractivity contribution in [2.75, 3.05) is 0 Å². The van der Waals surface area contributed by atoms with E-state index in [1.54, 1.807) is 0 Å². The summed E-state index contributed by atoms with van der Waals surface area (Å²) in [5.41, 5.74) is 31.6. The number of benzene rings is 14. The lowest BCUT2D eigenvalue weighted by atomic mass is 9.94. The molecule has 0 aromatic heterocycles. The van der Waals surface area contributed by atoms with Crippen LogP contribution in [0.15, 0.2) is 297 Å². The van der Waals surface area contributed by atoms with Gasteiger partial charge in [0.25, 0.3) is 0 Å². The molecule has 0 aliphatic carbocycles. The van der Waals surface area contributed by atoms with Crippen LogP contribution in [-0.2, 0) is 57.8 Å². The third-order valence-electron chi connectivity index (χ3n) is 21.3. The van der Waals surface area contributed by atoms with E-state index in [4.69, 9.17) is 0 Å².